The van der Waals surface area contributed by atoms with Crippen molar-refractivity contribution in [3.8, 4) is 6.19 Å². The third kappa shape index (κ3) is 4.61. The van der Waals surface area contributed by atoms with E-state index >= 15 is 0 Å². The second-order valence-corrected chi connectivity index (χ2v) is 9.77. The number of rotatable bonds is 2. The molecule has 156 valence electrons. The average molecular weight is 416 g/mol. The third-order valence-corrected chi connectivity index (χ3v) is 5.72. The van der Waals surface area contributed by atoms with E-state index in [4.69, 9.17) is 10.00 Å². The highest BCUT2D eigenvalue weighted by Gasteiger charge is 2.54. The van der Waals surface area contributed by atoms with E-state index in [1.807, 2.05) is 33.2 Å². The Morgan fingerprint density at radius 2 is 1.83 bits per heavy atom. The quantitative estimate of drug-likeness (QED) is 0.343. The molecular weight excluding hydrogens is 386 g/mol. The summed E-state index contributed by atoms with van der Waals surface area (Å²) in [5.74, 6) is 0. The number of aliphatic imine (C=N–C) groups is 1. The number of carbonyl (C=O) groups excluding carboxylic acids is 1. The second-order valence-electron chi connectivity index (χ2n) is 8.98. The molecule has 1 N–H and O–H groups in total. The maximum absolute atomic E-state index is 12.2. The second kappa shape index (κ2) is 7.79. The van der Waals surface area contributed by atoms with E-state index < -0.39 is 5.60 Å². The van der Waals surface area contributed by atoms with Crippen molar-refractivity contribution in [3.63, 3.8) is 0 Å². The SMILES string of the molecule is CSC(=Nc1cc(C)c(N2CC3(CN(C(=O)OC(C)(C)C)C3)C2)c(C)c1)NC#N. The molecule has 8 heteroatoms. The number of likely N-dealkylation sites (tertiary alicyclic amines) is 1. The average Bonchev–Trinajstić information content (AvgIpc) is 2.52. The summed E-state index contributed by atoms with van der Waals surface area (Å²) in [6, 6.07) is 4.10. The number of nitrogens with zero attached hydrogens (tertiary/aromatic N) is 4. The molecule has 1 aromatic carbocycles. The zero-order valence-corrected chi connectivity index (χ0v) is 18.8. The van der Waals surface area contributed by atoms with Crippen LogP contribution in [0, 0.1) is 30.7 Å². The molecule has 1 amide bonds. The number of thioether (sulfide) groups is 1. The van der Waals surface area contributed by atoms with Gasteiger partial charge in [-0.3, -0.25) is 5.32 Å². The largest absolute Gasteiger partial charge is 0.444 e. The van der Waals surface area contributed by atoms with E-state index in [-0.39, 0.29) is 11.5 Å². The number of benzene rings is 1. The molecule has 0 radical (unpaired) electrons. The van der Waals surface area contributed by atoms with Gasteiger partial charge in [-0.25, -0.2) is 9.79 Å². The van der Waals surface area contributed by atoms with Crippen molar-refractivity contribution < 1.29 is 9.53 Å². The van der Waals surface area contributed by atoms with Gasteiger partial charge in [0.1, 0.15) is 5.60 Å². The molecule has 2 fully saturated rings. The van der Waals surface area contributed by atoms with Gasteiger partial charge in [-0.2, -0.15) is 5.26 Å². The standard InChI is InChI=1S/C21H29N5O2S/c1-14-7-16(24-18(29-6)23-13-22)8-15(2)17(14)25-9-21(10-25)11-26(12-21)19(27)28-20(3,4)5/h7-8H,9-12H2,1-6H3,(H,23,24). The molecule has 3 rings (SSSR count). The summed E-state index contributed by atoms with van der Waals surface area (Å²) >= 11 is 1.41. The Balaban J connectivity index is 1.63. The van der Waals surface area contributed by atoms with E-state index in [9.17, 15) is 4.79 Å². The van der Waals surface area contributed by atoms with Crippen LogP contribution in [0.4, 0.5) is 16.2 Å². The number of anilines is 1. The number of amidine groups is 1. The monoisotopic (exact) mass is 415 g/mol. The van der Waals surface area contributed by atoms with Gasteiger partial charge in [0.05, 0.1) is 5.69 Å². The highest BCUT2D eigenvalue weighted by molar-refractivity contribution is 8.13. The molecule has 0 atom stereocenters. The fraction of sp³-hybridized carbons (Fsp3) is 0.571. The van der Waals surface area contributed by atoms with Crippen molar-refractivity contribution in [2.24, 2.45) is 10.4 Å². The van der Waals surface area contributed by atoms with E-state index in [0.29, 0.717) is 5.17 Å². The van der Waals surface area contributed by atoms with Gasteiger partial charge in [0.2, 0.25) is 0 Å². The van der Waals surface area contributed by atoms with Crippen molar-refractivity contribution in [2.75, 3.05) is 37.3 Å². The maximum Gasteiger partial charge on any atom is 0.410 e. The Labute approximate surface area is 177 Å². The van der Waals surface area contributed by atoms with Gasteiger partial charge in [0.25, 0.3) is 0 Å². The van der Waals surface area contributed by atoms with Gasteiger partial charge >= 0.3 is 6.09 Å². The molecule has 7 nitrogen and oxygen atoms in total. The zero-order chi connectivity index (χ0) is 21.4. The first-order valence-electron chi connectivity index (χ1n) is 9.68. The predicted molar refractivity (Wildman–Crippen MR) is 118 cm³/mol. The lowest BCUT2D eigenvalue weighted by molar-refractivity contribution is -0.0453. The minimum Gasteiger partial charge on any atom is -0.444 e. The number of nitrogens with one attached hydrogen (secondary N) is 1. The van der Waals surface area contributed by atoms with Gasteiger partial charge < -0.3 is 14.5 Å². The van der Waals surface area contributed by atoms with Crippen LogP contribution in [0.2, 0.25) is 0 Å². The Morgan fingerprint density at radius 3 is 2.31 bits per heavy atom. The minimum atomic E-state index is -0.456. The molecule has 2 saturated heterocycles. The van der Waals surface area contributed by atoms with E-state index in [0.717, 1.165) is 31.9 Å². The third-order valence-electron chi connectivity index (χ3n) is 5.14. The molecule has 2 heterocycles. The smallest absolute Gasteiger partial charge is 0.410 e. The normalized spacial score (nSPS) is 18.0. The molecule has 0 unspecified atom stereocenters. The van der Waals surface area contributed by atoms with Crippen molar-refractivity contribution in [2.45, 2.75) is 40.2 Å². The van der Waals surface area contributed by atoms with Crippen molar-refractivity contribution in [3.05, 3.63) is 23.3 Å². The highest BCUT2D eigenvalue weighted by Crippen LogP contribution is 2.44. The van der Waals surface area contributed by atoms with E-state index in [1.54, 1.807) is 4.90 Å². The Bertz CT molecular complexity index is 847. The van der Waals surface area contributed by atoms with Gasteiger partial charge in [0.15, 0.2) is 11.4 Å². The minimum absolute atomic E-state index is 0.190. The number of carbonyl (C=O) groups is 1. The lowest BCUT2D eigenvalue weighted by Crippen LogP contribution is -2.73. The topological polar surface area (TPSA) is 81.0 Å². The number of amides is 1. The van der Waals surface area contributed by atoms with Gasteiger partial charge in [0, 0.05) is 37.3 Å². The summed E-state index contributed by atoms with van der Waals surface area (Å²) < 4.78 is 5.46. The predicted octanol–water partition coefficient (Wildman–Crippen LogP) is 3.78. The number of hydrogen-bond donors (Lipinski definition) is 1. The fourth-order valence-electron chi connectivity index (χ4n) is 4.13. The lowest BCUT2D eigenvalue weighted by Gasteiger charge is -2.61. The summed E-state index contributed by atoms with van der Waals surface area (Å²) in [6.45, 7) is 13.3. The first-order valence-corrected chi connectivity index (χ1v) is 10.9. The molecule has 2 aliphatic rings. The molecule has 0 bridgehead atoms. The lowest BCUT2D eigenvalue weighted by atomic mass is 9.72. The van der Waals surface area contributed by atoms with Crippen LogP contribution in [0.1, 0.15) is 31.9 Å². The van der Waals surface area contributed by atoms with E-state index in [2.05, 4.69) is 41.2 Å². The fourth-order valence-corrected chi connectivity index (χ4v) is 4.47. The number of ether oxygens (including phenoxy) is 1. The summed E-state index contributed by atoms with van der Waals surface area (Å²) in [4.78, 5) is 20.9. The van der Waals surface area contributed by atoms with Crippen LogP contribution in [0.3, 0.4) is 0 Å². The van der Waals surface area contributed by atoms with Crippen LogP contribution in [0.5, 0.6) is 0 Å². The van der Waals surface area contributed by atoms with Gasteiger partial charge in [-0.05, 0) is 64.1 Å². The Hall–Kier alpha value is -2.40. The van der Waals surface area contributed by atoms with Gasteiger partial charge in [-0.15, -0.1) is 0 Å². The number of nitriles is 1. The first-order chi connectivity index (χ1) is 13.6. The van der Waals surface area contributed by atoms with Crippen LogP contribution in [0.15, 0.2) is 17.1 Å². The summed E-state index contributed by atoms with van der Waals surface area (Å²) in [5, 5.41) is 12.0. The van der Waals surface area contributed by atoms with Crippen molar-refractivity contribution >= 4 is 34.4 Å². The molecule has 0 saturated carbocycles. The Morgan fingerprint density at radius 1 is 1.24 bits per heavy atom. The van der Waals surface area contributed by atoms with Crippen LogP contribution in [0.25, 0.3) is 0 Å². The molecule has 29 heavy (non-hydrogen) atoms. The first kappa shape index (κ1) is 21.3. The maximum atomic E-state index is 12.2. The number of hydrogen-bond acceptors (Lipinski definition) is 6. The van der Waals surface area contributed by atoms with Crippen LogP contribution < -0.4 is 10.2 Å². The Kier molecular flexibility index (Phi) is 5.72. The van der Waals surface area contributed by atoms with E-state index in [1.165, 1.54) is 28.6 Å². The van der Waals surface area contributed by atoms with Crippen molar-refractivity contribution in [1.82, 2.24) is 10.2 Å². The molecule has 1 aromatic rings. The summed E-state index contributed by atoms with van der Waals surface area (Å²) in [5.41, 5.74) is 4.15. The molecule has 1 spiro atoms. The molecule has 0 aliphatic carbocycles. The molecular formula is C21H29N5O2S. The highest BCUT2D eigenvalue weighted by atomic mass is 32.2. The summed E-state index contributed by atoms with van der Waals surface area (Å²) in [6.07, 6.45) is 3.58. The number of aryl methyl sites for hydroxylation is 2. The van der Waals surface area contributed by atoms with Crippen LogP contribution in [-0.4, -0.2) is 54.2 Å². The van der Waals surface area contributed by atoms with Crippen LogP contribution >= 0.6 is 11.8 Å². The van der Waals surface area contributed by atoms with Crippen LogP contribution in [-0.2, 0) is 4.74 Å². The van der Waals surface area contributed by atoms with Crippen molar-refractivity contribution in [1.29, 1.82) is 5.26 Å². The zero-order valence-electron chi connectivity index (χ0n) is 18.0. The molecule has 2 aliphatic heterocycles. The van der Waals surface area contributed by atoms with Gasteiger partial charge in [-0.1, -0.05) is 11.8 Å². The summed E-state index contributed by atoms with van der Waals surface area (Å²) in [7, 11) is 0. The molecule has 0 aromatic heterocycles.